The minimum absolute atomic E-state index is 0.00951. The van der Waals surface area contributed by atoms with Crippen molar-refractivity contribution >= 4 is 11.8 Å². The molecule has 2 aromatic rings. The van der Waals surface area contributed by atoms with Gasteiger partial charge >= 0.3 is 6.18 Å². The van der Waals surface area contributed by atoms with Gasteiger partial charge in [-0.1, -0.05) is 61.7 Å². The lowest BCUT2D eigenvalue weighted by molar-refractivity contribution is -0.180. The highest BCUT2D eigenvalue weighted by molar-refractivity contribution is 5.94. The second-order valence-electron chi connectivity index (χ2n) is 8.44. The molecule has 2 amide bonds. The maximum absolute atomic E-state index is 13.1. The molecule has 31 heavy (non-hydrogen) atoms. The first kappa shape index (κ1) is 21.4. The molecule has 0 aromatic heterocycles. The lowest BCUT2D eigenvalue weighted by atomic mass is 9.60. The van der Waals surface area contributed by atoms with E-state index >= 15 is 0 Å². The molecule has 1 saturated heterocycles. The van der Waals surface area contributed by atoms with Crippen LogP contribution < -0.4 is 5.32 Å². The molecule has 1 unspecified atom stereocenters. The first-order valence-corrected chi connectivity index (χ1v) is 10.6. The molecule has 4 rings (SSSR count). The number of hydrogen-bond donors (Lipinski definition) is 1. The van der Waals surface area contributed by atoms with Crippen LogP contribution in [0.2, 0.25) is 0 Å². The fraction of sp³-hybridized carbons (Fsp3) is 0.417. The molecule has 1 N–H and O–H groups in total. The third-order valence-electron chi connectivity index (χ3n) is 6.44. The van der Waals surface area contributed by atoms with Crippen molar-refractivity contribution in [2.75, 3.05) is 6.54 Å². The third-order valence-corrected chi connectivity index (χ3v) is 6.44. The number of likely N-dealkylation sites (tertiary alicyclic amines) is 1. The van der Waals surface area contributed by atoms with Crippen molar-refractivity contribution in [1.82, 2.24) is 10.2 Å². The Kier molecular flexibility index (Phi) is 5.77. The van der Waals surface area contributed by atoms with Crippen LogP contribution in [0.15, 0.2) is 54.6 Å². The van der Waals surface area contributed by atoms with Gasteiger partial charge in [0.1, 0.15) is 6.54 Å². The second kappa shape index (κ2) is 8.36. The summed E-state index contributed by atoms with van der Waals surface area (Å²) in [4.78, 5) is 27.3. The monoisotopic (exact) mass is 430 g/mol. The van der Waals surface area contributed by atoms with Gasteiger partial charge in [0, 0.05) is 6.54 Å². The zero-order valence-corrected chi connectivity index (χ0v) is 17.1. The van der Waals surface area contributed by atoms with Crippen LogP contribution in [0.5, 0.6) is 0 Å². The van der Waals surface area contributed by atoms with Crippen molar-refractivity contribution in [3.8, 4) is 0 Å². The molecular formula is C24H25F3N2O2. The number of halogens is 3. The fourth-order valence-corrected chi connectivity index (χ4v) is 4.99. The maximum Gasteiger partial charge on any atom is 0.416 e. The van der Waals surface area contributed by atoms with E-state index in [2.05, 4.69) is 5.32 Å². The molecule has 164 valence electrons. The fourth-order valence-electron chi connectivity index (χ4n) is 4.99. The van der Waals surface area contributed by atoms with Gasteiger partial charge in [0.05, 0.1) is 17.0 Å². The normalized spacial score (nSPS) is 20.4. The summed E-state index contributed by atoms with van der Waals surface area (Å²) in [6.45, 7) is -0.120. The number of amides is 2. The van der Waals surface area contributed by atoms with E-state index in [4.69, 9.17) is 0 Å². The van der Waals surface area contributed by atoms with Gasteiger partial charge in [0.15, 0.2) is 0 Å². The molecule has 4 nitrogen and oxygen atoms in total. The van der Waals surface area contributed by atoms with Crippen molar-refractivity contribution < 1.29 is 22.8 Å². The van der Waals surface area contributed by atoms with Crippen molar-refractivity contribution in [2.45, 2.75) is 50.9 Å². The molecule has 1 aliphatic heterocycles. The number of nitrogens with one attached hydrogen (secondary N) is 1. The molecular weight excluding hydrogens is 405 g/mol. The standard InChI is InChI=1S/C24H25F3N2O2/c25-24(26,27)19-11-7-8-17(14-19)15-28-20(30)16-29-21(18-9-3-1-4-10-18)23(22(29)31)12-5-2-6-13-23/h1,3-4,7-11,14,21H,2,5-6,12-13,15-16H2,(H,28,30). The highest BCUT2D eigenvalue weighted by atomic mass is 19.4. The minimum atomic E-state index is -4.43. The van der Waals surface area contributed by atoms with Gasteiger partial charge in [-0.3, -0.25) is 9.59 Å². The minimum Gasteiger partial charge on any atom is -0.350 e. The summed E-state index contributed by atoms with van der Waals surface area (Å²) in [5.41, 5.74) is 0.206. The highest BCUT2D eigenvalue weighted by Gasteiger charge is 2.60. The number of carbonyl (C=O) groups excluding carboxylic acids is 2. The summed E-state index contributed by atoms with van der Waals surface area (Å²) in [5, 5.41) is 2.66. The van der Waals surface area contributed by atoms with E-state index in [-0.39, 0.29) is 30.9 Å². The Labute approximate surface area is 179 Å². The number of nitrogens with zero attached hydrogens (tertiary/aromatic N) is 1. The summed E-state index contributed by atoms with van der Waals surface area (Å²) in [7, 11) is 0. The number of benzene rings is 2. The number of hydrogen-bond acceptors (Lipinski definition) is 2. The molecule has 1 saturated carbocycles. The van der Waals surface area contributed by atoms with Crippen LogP contribution in [-0.2, 0) is 22.3 Å². The topological polar surface area (TPSA) is 49.4 Å². The van der Waals surface area contributed by atoms with Crippen molar-refractivity contribution in [3.63, 3.8) is 0 Å². The number of alkyl halides is 3. The van der Waals surface area contributed by atoms with Crippen molar-refractivity contribution in [3.05, 3.63) is 71.3 Å². The average Bonchev–Trinajstić information content (AvgIpc) is 2.78. The average molecular weight is 430 g/mol. The third kappa shape index (κ3) is 4.18. The van der Waals surface area contributed by atoms with Gasteiger partial charge in [-0.05, 0) is 36.1 Å². The van der Waals surface area contributed by atoms with Crippen LogP contribution >= 0.6 is 0 Å². The molecule has 1 aliphatic carbocycles. The molecule has 1 heterocycles. The Balaban J connectivity index is 1.44. The lowest BCUT2D eigenvalue weighted by Crippen LogP contribution is -2.65. The van der Waals surface area contributed by atoms with Gasteiger partial charge in [-0.2, -0.15) is 13.2 Å². The van der Waals surface area contributed by atoms with E-state index in [1.165, 1.54) is 12.1 Å². The van der Waals surface area contributed by atoms with Gasteiger partial charge in [-0.25, -0.2) is 0 Å². The van der Waals surface area contributed by atoms with Gasteiger partial charge < -0.3 is 10.2 Å². The Morgan fingerprint density at radius 3 is 2.42 bits per heavy atom. The van der Waals surface area contributed by atoms with E-state index in [0.29, 0.717) is 5.56 Å². The first-order chi connectivity index (χ1) is 14.8. The van der Waals surface area contributed by atoms with E-state index in [1.807, 2.05) is 30.3 Å². The SMILES string of the molecule is O=C(CN1C(=O)C2(CCCCC2)C1c1ccccc1)NCc1cccc(C(F)(F)F)c1. The highest BCUT2D eigenvalue weighted by Crippen LogP contribution is 2.57. The summed E-state index contributed by atoms with van der Waals surface area (Å²) >= 11 is 0. The predicted octanol–water partition coefficient (Wildman–Crippen LogP) is 4.86. The van der Waals surface area contributed by atoms with Crippen LogP contribution in [0.4, 0.5) is 13.2 Å². The summed E-state index contributed by atoms with van der Waals surface area (Å²) < 4.78 is 38.6. The number of carbonyl (C=O) groups is 2. The van der Waals surface area contributed by atoms with Gasteiger partial charge in [0.25, 0.3) is 0 Å². The van der Waals surface area contributed by atoms with Crippen molar-refractivity contribution in [2.24, 2.45) is 5.41 Å². The van der Waals surface area contributed by atoms with E-state index < -0.39 is 17.2 Å². The molecule has 2 aromatic carbocycles. The largest absolute Gasteiger partial charge is 0.416 e. The van der Waals surface area contributed by atoms with Crippen LogP contribution in [0, 0.1) is 5.41 Å². The van der Waals surface area contributed by atoms with Crippen LogP contribution in [0.25, 0.3) is 0 Å². The molecule has 1 atom stereocenters. The van der Waals surface area contributed by atoms with Crippen LogP contribution in [0.1, 0.15) is 54.8 Å². The first-order valence-electron chi connectivity index (χ1n) is 10.6. The Bertz CT molecular complexity index is 953. The van der Waals surface area contributed by atoms with Gasteiger partial charge in [-0.15, -0.1) is 0 Å². The Morgan fingerprint density at radius 1 is 1.03 bits per heavy atom. The maximum atomic E-state index is 13.1. The number of β-lactam (4-membered cyclic amide) rings is 1. The molecule has 1 spiro atoms. The summed E-state index contributed by atoms with van der Waals surface area (Å²) in [6, 6.07) is 14.5. The molecule has 2 fully saturated rings. The summed E-state index contributed by atoms with van der Waals surface area (Å²) in [6.07, 6.45) is 0.353. The van der Waals surface area contributed by atoms with E-state index in [1.54, 1.807) is 4.90 Å². The Morgan fingerprint density at radius 2 is 1.74 bits per heavy atom. The van der Waals surface area contributed by atoms with E-state index in [0.717, 1.165) is 49.8 Å². The summed E-state index contributed by atoms with van der Waals surface area (Å²) in [5.74, 6) is -0.368. The lowest BCUT2D eigenvalue weighted by Gasteiger charge is -2.58. The molecule has 0 bridgehead atoms. The van der Waals surface area contributed by atoms with Crippen LogP contribution in [-0.4, -0.2) is 23.3 Å². The van der Waals surface area contributed by atoms with Crippen molar-refractivity contribution in [1.29, 1.82) is 0 Å². The molecule has 0 radical (unpaired) electrons. The van der Waals surface area contributed by atoms with Crippen LogP contribution in [0.3, 0.4) is 0 Å². The quantitative estimate of drug-likeness (QED) is 0.689. The zero-order chi connectivity index (χ0) is 22.1. The smallest absolute Gasteiger partial charge is 0.350 e. The number of rotatable bonds is 5. The molecule has 7 heteroatoms. The van der Waals surface area contributed by atoms with Gasteiger partial charge in [0.2, 0.25) is 11.8 Å². The predicted molar refractivity (Wildman–Crippen MR) is 110 cm³/mol. The zero-order valence-electron chi connectivity index (χ0n) is 17.1. The second-order valence-corrected chi connectivity index (χ2v) is 8.44. The molecule has 2 aliphatic rings. The van der Waals surface area contributed by atoms with E-state index in [9.17, 15) is 22.8 Å². The Hall–Kier alpha value is -2.83.